The highest BCUT2D eigenvalue weighted by molar-refractivity contribution is 5.88. The highest BCUT2D eigenvalue weighted by Gasteiger charge is 1.93. The second kappa shape index (κ2) is 4.63. The molecule has 54 valence electrons. The van der Waals surface area contributed by atoms with Gasteiger partial charge in [-0.2, -0.15) is 0 Å². The summed E-state index contributed by atoms with van der Waals surface area (Å²) in [4.78, 5) is 10.5. The molecule has 0 fully saturated rings. The molecule has 0 saturated carbocycles. The summed E-state index contributed by atoms with van der Waals surface area (Å²) in [6.07, 6.45) is 0. The van der Waals surface area contributed by atoms with Gasteiger partial charge < -0.3 is 4.74 Å². The lowest BCUT2D eigenvalue weighted by molar-refractivity contribution is -0.135. The molecule has 0 amide bonds. The maximum Gasteiger partial charge on any atom is 0.384 e. The summed E-state index contributed by atoms with van der Waals surface area (Å²) in [6, 6.07) is 0. The standard InChI is InChI=1S/C8H10O2/c1-4-5-8(9)10-6-7(2)3/h2,6H2,1,3H3. The van der Waals surface area contributed by atoms with E-state index in [1.807, 2.05) is 0 Å². The normalized spacial score (nSPS) is 7.40. The molecule has 0 aromatic carbocycles. The second-order valence-electron chi connectivity index (χ2n) is 1.91. The molecule has 0 N–H and O–H groups in total. The Morgan fingerprint density at radius 3 is 2.70 bits per heavy atom. The summed E-state index contributed by atoms with van der Waals surface area (Å²) < 4.78 is 4.63. The molecule has 0 unspecified atom stereocenters. The molecular formula is C8H10O2. The lowest BCUT2D eigenvalue weighted by atomic mass is 10.4. The van der Waals surface area contributed by atoms with Crippen molar-refractivity contribution < 1.29 is 9.53 Å². The SMILES string of the molecule is C=C(C)COC(=O)C#CC. The fourth-order valence-electron chi connectivity index (χ4n) is 0.327. The van der Waals surface area contributed by atoms with E-state index in [4.69, 9.17) is 0 Å². The first-order chi connectivity index (χ1) is 4.66. The first kappa shape index (κ1) is 8.77. The maximum atomic E-state index is 10.5. The van der Waals surface area contributed by atoms with Crippen LogP contribution in [0.15, 0.2) is 12.2 Å². The molecule has 0 bridgehead atoms. The third-order valence-corrected chi connectivity index (χ3v) is 0.677. The van der Waals surface area contributed by atoms with Gasteiger partial charge in [-0.1, -0.05) is 12.5 Å². The van der Waals surface area contributed by atoms with Crippen LogP contribution in [0.1, 0.15) is 13.8 Å². The molecule has 0 spiro atoms. The molecule has 0 aromatic heterocycles. The van der Waals surface area contributed by atoms with Gasteiger partial charge in [-0.05, 0) is 19.4 Å². The van der Waals surface area contributed by atoms with Crippen LogP contribution >= 0.6 is 0 Å². The van der Waals surface area contributed by atoms with Crippen LogP contribution in [0.3, 0.4) is 0 Å². The Bertz CT molecular complexity index is 193. The van der Waals surface area contributed by atoms with Crippen LogP contribution in [0.25, 0.3) is 0 Å². The largest absolute Gasteiger partial charge is 0.452 e. The fraction of sp³-hybridized carbons (Fsp3) is 0.375. The van der Waals surface area contributed by atoms with E-state index in [-0.39, 0.29) is 6.61 Å². The lowest BCUT2D eigenvalue weighted by Crippen LogP contribution is -2.02. The minimum absolute atomic E-state index is 0.257. The number of hydrogen-bond acceptors (Lipinski definition) is 2. The van der Waals surface area contributed by atoms with Crippen molar-refractivity contribution in [1.29, 1.82) is 0 Å². The monoisotopic (exact) mass is 138 g/mol. The molecule has 0 aliphatic carbocycles. The number of hydrogen-bond donors (Lipinski definition) is 0. The van der Waals surface area contributed by atoms with E-state index in [9.17, 15) is 4.79 Å². The van der Waals surface area contributed by atoms with E-state index in [0.717, 1.165) is 5.57 Å². The maximum absolute atomic E-state index is 10.5. The first-order valence-corrected chi connectivity index (χ1v) is 2.90. The Labute approximate surface area is 60.9 Å². The number of carbonyl (C=O) groups is 1. The molecule has 2 nitrogen and oxygen atoms in total. The van der Waals surface area contributed by atoms with E-state index in [1.165, 1.54) is 0 Å². The highest BCUT2D eigenvalue weighted by Crippen LogP contribution is 1.87. The van der Waals surface area contributed by atoms with Crippen molar-refractivity contribution >= 4 is 5.97 Å². The molecular weight excluding hydrogens is 128 g/mol. The van der Waals surface area contributed by atoms with Gasteiger partial charge in [-0.25, -0.2) is 4.79 Å². The van der Waals surface area contributed by atoms with Crippen LogP contribution in [0.5, 0.6) is 0 Å². The summed E-state index contributed by atoms with van der Waals surface area (Å²) in [5, 5.41) is 0. The minimum atomic E-state index is -0.495. The molecule has 0 saturated heterocycles. The molecule has 0 aliphatic heterocycles. The zero-order valence-electron chi connectivity index (χ0n) is 6.23. The molecule has 0 heterocycles. The Hall–Kier alpha value is -1.23. The van der Waals surface area contributed by atoms with E-state index in [2.05, 4.69) is 23.2 Å². The molecule has 0 aliphatic rings. The zero-order valence-corrected chi connectivity index (χ0v) is 6.23. The van der Waals surface area contributed by atoms with Gasteiger partial charge in [0, 0.05) is 5.92 Å². The van der Waals surface area contributed by atoms with Gasteiger partial charge in [-0.15, -0.1) is 0 Å². The first-order valence-electron chi connectivity index (χ1n) is 2.90. The van der Waals surface area contributed by atoms with Gasteiger partial charge >= 0.3 is 5.97 Å². The highest BCUT2D eigenvalue weighted by atomic mass is 16.5. The topological polar surface area (TPSA) is 26.3 Å². The summed E-state index contributed by atoms with van der Waals surface area (Å²) in [5.41, 5.74) is 0.811. The number of ether oxygens (including phenoxy) is 1. The Morgan fingerprint density at radius 2 is 2.30 bits per heavy atom. The van der Waals surface area contributed by atoms with Crippen molar-refractivity contribution in [2.75, 3.05) is 6.61 Å². The molecule has 0 aromatic rings. The average molecular weight is 138 g/mol. The van der Waals surface area contributed by atoms with Gasteiger partial charge in [0.05, 0.1) is 0 Å². The number of esters is 1. The summed E-state index contributed by atoms with van der Waals surface area (Å²) in [6.45, 7) is 7.19. The van der Waals surface area contributed by atoms with Crippen molar-refractivity contribution in [2.45, 2.75) is 13.8 Å². The van der Waals surface area contributed by atoms with Gasteiger partial charge in [0.1, 0.15) is 6.61 Å². The smallest absolute Gasteiger partial charge is 0.384 e. The molecule has 10 heavy (non-hydrogen) atoms. The van der Waals surface area contributed by atoms with E-state index < -0.39 is 5.97 Å². The van der Waals surface area contributed by atoms with Crippen LogP contribution in [0.2, 0.25) is 0 Å². The van der Waals surface area contributed by atoms with Crippen LogP contribution < -0.4 is 0 Å². The van der Waals surface area contributed by atoms with Crippen molar-refractivity contribution in [1.82, 2.24) is 0 Å². The average Bonchev–Trinajstić information content (AvgIpc) is 1.85. The molecule has 2 heteroatoms. The molecule has 0 atom stereocenters. The minimum Gasteiger partial charge on any atom is -0.452 e. The zero-order chi connectivity index (χ0) is 7.98. The van der Waals surface area contributed by atoms with Crippen LogP contribution in [-0.4, -0.2) is 12.6 Å². The fourth-order valence-corrected chi connectivity index (χ4v) is 0.327. The summed E-state index contributed by atoms with van der Waals surface area (Å²) in [7, 11) is 0. The van der Waals surface area contributed by atoms with Crippen LogP contribution in [0.4, 0.5) is 0 Å². The summed E-state index contributed by atoms with van der Waals surface area (Å²) in [5.74, 6) is 4.19. The summed E-state index contributed by atoms with van der Waals surface area (Å²) >= 11 is 0. The van der Waals surface area contributed by atoms with Crippen LogP contribution in [0, 0.1) is 11.8 Å². The van der Waals surface area contributed by atoms with Gasteiger partial charge in [0.2, 0.25) is 0 Å². The quantitative estimate of drug-likeness (QED) is 0.247. The van der Waals surface area contributed by atoms with Crippen molar-refractivity contribution in [3.8, 4) is 11.8 Å². The van der Waals surface area contributed by atoms with Crippen LogP contribution in [-0.2, 0) is 9.53 Å². The van der Waals surface area contributed by atoms with Gasteiger partial charge in [-0.3, -0.25) is 0 Å². The molecule has 0 radical (unpaired) electrons. The predicted octanol–water partition coefficient (Wildman–Crippen LogP) is 1.13. The van der Waals surface area contributed by atoms with Crippen molar-refractivity contribution in [2.24, 2.45) is 0 Å². The Balaban J connectivity index is 3.57. The van der Waals surface area contributed by atoms with Crippen molar-refractivity contribution in [3.05, 3.63) is 12.2 Å². The lowest BCUT2D eigenvalue weighted by Gasteiger charge is -1.96. The molecule has 0 rings (SSSR count). The number of rotatable bonds is 2. The van der Waals surface area contributed by atoms with E-state index in [0.29, 0.717) is 0 Å². The predicted molar refractivity (Wildman–Crippen MR) is 39.2 cm³/mol. The third kappa shape index (κ3) is 4.92. The Kier molecular flexibility index (Phi) is 4.06. The van der Waals surface area contributed by atoms with Crippen molar-refractivity contribution in [3.63, 3.8) is 0 Å². The van der Waals surface area contributed by atoms with E-state index in [1.54, 1.807) is 13.8 Å². The van der Waals surface area contributed by atoms with E-state index >= 15 is 0 Å². The Morgan fingerprint density at radius 1 is 1.70 bits per heavy atom. The van der Waals surface area contributed by atoms with Gasteiger partial charge in [0.15, 0.2) is 0 Å². The second-order valence-corrected chi connectivity index (χ2v) is 1.91. The third-order valence-electron chi connectivity index (χ3n) is 0.677. The number of carbonyl (C=O) groups excluding carboxylic acids is 1. The van der Waals surface area contributed by atoms with Gasteiger partial charge in [0.25, 0.3) is 0 Å².